The summed E-state index contributed by atoms with van der Waals surface area (Å²) >= 11 is 0. The molecule has 0 fully saturated rings. The topological polar surface area (TPSA) is 0 Å². The number of hydrogen-bond acceptors (Lipinski definition) is 0. The van der Waals surface area contributed by atoms with E-state index < -0.39 is 23.9 Å². The van der Waals surface area contributed by atoms with Crippen LogP contribution >= 0.6 is 15.8 Å². The van der Waals surface area contributed by atoms with Gasteiger partial charge < -0.3 is 0 Å². The van der Waals surface area contributed by atoms with Crippen LogP contribution in [0, 0.1) is 20.4 Å². The van der Waals surface area contributed by atoms with Crippen LogP contribution in [0.2, 0.25) is 13.1 Å². The fourth-order valence-electron chi connectivity index (χ4n) is 7.76. The van der Waals surface area contributed by atoms with Crippen LogP contribution in [0.25, 0.3) is 17.2 Å². The van der Waals surface area contributed by atoms with E-state index in [2.05, 4.69) is 197 Å². The maximum atomic E-state index is 5.62. The van der Waals surface area contributed by atoms with Gasteiger partial charge in [-0.25, -0.2) is 6.08 Å². The second-order valence-electron chi connectivity index (χ2n) is 14.2. The molecule has 53 heavy (non-hydrogen) atoms. The molecule has 6 aromatic rings. The zero-order valence-corrected chi connectivity index (χ0v) is 38.0. The standard InChI is InChI=1S/C32H30P2.C16H15Si.2Au/c1-25-23-31(33(27-15-7-3-8-16-27)28-17-9-4-10-18-28)32(24-26(25)2)34(29-19-11-5-12-20-29)30-21-13-6-14-22-30;1-4-12-9-10-16-14(11-12)13-7-5-6-8-15(13)17(16,2)3;;/h3-21,23-24,30H,22H2,1-2H3;1,4-11H,2-3H3;;/q;-1;;+1/p+2. The molecule has 1 aliphatic heterocycles. The quantitative estimate of drug-likeness (QED) is 0.0854. The minimum absolute atomic E-state index is 0. The Morgan fingerprint density at radius 1 is 0.604 bits per heavy atom. The predicted octanol–water partition coefficient (Wildman–Crippen LogP) is 8.77. The van der Waals surface area contributed by atoms with E-state index in [1.54, 1.807) is 21.9 Å². The molecular weight excluding hydrogens is 1060 g/mol. The van der Waals surface area contributed by atoms with Crippen molar-refractivity contribution in [2.24, 2.45) is 0 Å². The third-order valence-corrected chi connectivity index (χ3v) is 20.3. The summed E-state index contributed by atoms with van der Waals surface area (Å²) in [6.07, 6.45) is 12.0. The first-order chi connectivity index (χ1) is 24.9. The maximum absolute atomic E-state index is 5.62. The van der Waals surface area contributed by atoms with E-state index in [1.165, 1.54) is 43.4 Å². The van der Waals surface area contributed by atoms with Crippen LogP contribution in [0.4, 0.5) is 0 Å². The Labute approximate surface area is 352 Å². The van der Waals surface area contributed by atoms with E-state index in [0.717, 1.165) is 12.0 Å². The SMILES string of the molecule is Cc1cc([PH+](c2ccccc2)c2ccccc2)c([PH+](c2ccccc2)C2C=CC=CC2)cc1C.[Au+].[Au].[CH-]=Cc1ccc2c(c1)-c1ccccc1[Si]2(C)C. The van der Waals surface area contributed by atoms with Gasteiger partial charge in [0.05, 0.1) is 18.9 Å². The third kappa shape index (κ3) is 8.82. The normalized spacial score (nSPS) is 15.2. The van der Waals surface area contributed by atoms with Crippen LogP contribution in [0.5, 0.6) is 0 Å². The van der Waals surface area contributed by atoms with Crippen LogP contribution in [0.15, 0.2) is 170 Å². The van der Waals surface area contributed by atoms with Gasteiger partial charge in [0.25, 0.3) is 0 Å². The van der Waals surface area contributed by atoms with Crippen molar-refractivity contribution in [2.75, 3.05) is 0 Å². The molecule has 0 saturated heterocycles. The minimum Gasteiger partial charge on any atom is -0.292 e. The summed E-state index contributed by atoms with van der Waals surface area (Å²) in [5, 5.41) is 10.6. The molecule has 5 heteroatoms. The van der Waals surface area contributed by atoms with Crippen molar-refractivity contribution >= 4 is 66.9 Å². The summed E-state index contributed by atoms with van der Waals surface area (Å²) in [5.41, 5.74) is 7.23. The van der Waals surface area contributed by atoms with Crippen molar-refractivity contribution in [1.29, 1.82) is 0 Å². The number of hydrogen-bond donors (Lipinski definition) is 0. The molecule has 1 aliphatic carbocycles. The van der Waals surface area contributed by atoms with Gasteiger partial charge in [-0.1, -0.05) is 116 Å². The molecule has 2 aliphatic rings. The number of benzene rings is 6. The second kappa shape index (κ2) is 18.6. The van der Waals surface area contributed by atoms with Gasteiger partial charge in [0.15, 0.2) is 0 Å². The second-order valence-corrected chi connectivity index (χ2v) is 23.6. The Morgan fingerprint density at radius 3 is 1.70 bits per heavy atom. The van der Waals surface area contributed by atoms with Gasteiger partial charge in [-0.05, 0) is 101 Å². The summed E-state index contributed by atoms with van der Waals surface area (Å²) in [4.78, 5) is 0. The Kier molecular flexibility index (Phi) is 14.5. The maximum Gasteiger partial charge on any atom is 1.00 e. The molecule has 8 rings (SSSR count). The van der Waals surface area contributed by atoms with Crippen LogP contribution in [-0.2, 0) is 44.8 Å². The Hall–Kier alpha value is -2.90. The van der Waals surface area contributed by atoms with Gasteiger partial charge in [0, 0.05) is 28.8 Å². The molecular formula is C48H47Au2P2Si+2. The van der Waals surface area contributed by atoms with Crippen molar-refractivity contribution in [3.8, 4) is 11.1 Å². The molecule has 0 N–H and O–H groups in total. The van der Waals surface area contributed by atoms with Crippen molar-refractivity contribution in [1.82, 2.24) is 0 Å². The molecule has 6 aromatic carbocycles. The van der Waals surface area contributed by atoms with Crippen molar-refractivity contribution in [3.05, 3.63) is 193 Å². The largest absolute Gasteiger partial charge is 1.00 e. The monoisotopic (exact) mass is 1110 g/mol. The van der Waals surface area contributed by atoms with Crippen LogP contribution in [0.1, 0.15) is 23.1 Å². The van der Waals surface area contributed by atoms with E-state index >= 15 is 0 Å². The minimum atomic E-state index is -1.47. The Morgan fingerprint density at radius 2 is 1.13 bits per heavy atom. The van der Waals surface area contributed by atoms with Gasteiger partial charge in [-0.2, -0.15) is 5.56 Å². The molecule has 0 bridgehead atoms. The third-order valence-electron chi connectivity index (χ3n) is 10.6. The molecule has 2 atom stereocenters. The van der Waals surface area contributed by atoms with Gasteiger partial charge >= 0.3 is 22.4 Å². The van der Waals surface area contributed by atoms with Gasteiger partial charge in [0.2, 0.25) is 0 Å². The fraction of sp³-hybridized carbons (Fsp3) is 0.125. The Bertz CT molecular complexity index is 2170. The van der Waals surface area contributed by atoms with E-state index in [0.29, 0.717) is 5.66 Å². The Balaban J connectivity index is 0.000000240. The molecule has 0 aromatic heterocycles. The van der Waals surface area contributed by atoms with Gasteiger partial charge in [0.1, 0.15) is 37.2 Å². The molecule has 0 saturated carbocycles. The average molecular weight is 1110 g/mol. The first-order valence-corrected chi connectivity index (χ1v) is 24.1. The van der Waals surface area contributed by atoms with Gasteiger partial charge in [-0.3, -0.25) is 6.58 Å². The number of fused-ring (bicyclic) bond motifs is 3. The van der Waals surface area contributed by atoms with Crippen LogP contribution in [-0.4, -0.2) is 13.7 Å². The molecule has 0 amide bonds. The molecule has 2 unspecified atom stereocenters. The number of rotatable bonds is 7. The molecule has 273 valence electrons. The first-order valence-electron chi connectivity index (χ1n) is 18.0. The van der Waals surface area contributed by atoms with Crippen molar-refractivity contribution < 1.29 is 44.8 Å². The van der Waals surface area contributed by atoms with Crippen LogP contribution in [0.3, 0.4) is 0 Å². The van der Waals surface area contributed by atoms with Crippen molar-refractivity contribution in [3.63, 3.8) is 0 Å². The summed E-state index contributed by atoms with van der Waals surface area (Å²) in [7, 11) is -3.66. The zero-order valence-electron chi connectivity index (χ0n) is 30.7. The summed E-state index contributed by atoms with van der Waals surface area (Å²) in [6.45, 7) is 15.0. The first kappa shape index (κ1) is 41.3. The number of aryl methyl sites for hydroxylation is 2. The average Bonchev–Trinajstić information content (AvgIpc) is 3.41. The molecule has 1 heterocycles. The summed E-state index contributed by atoms with van der Waals surface area (Å²) in [5.74, 6) is 0. The zero-order chi connectivity index (χ0) is 35.4. The van der Waals surface area contributed by atoms with Crippen LogP contribution < -0.4 is 36.9 Å². The fourth-order valence-corrected chi connectivity index (χ4v) is 17.4. The van der Waals surface area contributed by atoms with E-state index in [9.17, 15) is 0 Å². The predicted molar refractivity (Wildman–Crippen MR) is 234 cm³/mol. The summed E-state index contributed by atoms with van der Waals surface area (Å²) < 4.78 is 0. The number of allylic oxidation sites excluding steroid dienone is 4. The summed E-state index contributed by atoms with van der Waals surface area (Å²) in [6, 6.07) is 54.1. The van der Waals surface area contributed by atoms with Gasteiger partial charge in [-0.15, -0.1) is 12.1 Å². The molecule has 0 nitrogen and oxygen atoms in total. The van der Waals surface area contributed by atoms with E-state index in [4.69, 9.17) is 6.58 Å². The molecule has 0 spiro atoms. The van der Waals surface area contributed by atoms with E-state index in [-0.39, 0.29) is 44.8 Å². The van der Waals surface area contributed by atoms with E-state index in [1.807, 2.05) is 0 Å². The van der Waals surface area contributed by atoms with Crippen molar-refractivity contribution in [2.45, 2.75) is 39.0 Å². The smallest absolute Gasteiger partial charge is 0.292 e. The molecule has 1 radical (unpaired) electrons.